The first kappa shape index (κ1) is 14.6. The molecule has 2 N–H and O–H groups in total. The molecule has 0 aliphatic heterocycles. The predicted octanol–water partition coefficient (Wildman–Crippen LogP) is 0.563. The van der Waals surface area contributed by atoms with Gasteiger partial charge in [0.1, 0.15) is 0 Å². The molecular weight excluding hydrogens is 230 g/mol. The van der Waals surface area contributed by atoms with E-state index in [4.69, 9.17) is 0 Å². The Morgan fingerprint density at radius 1 is 1.39 bits per heavy atom. The minimum absolute atomic E-state index is 0.0736. The van der Waals surface area contributed by atoms with E-state index in [1.54, 1.807) is 10.9 Å². The SMILES string of the molecule is CCC(CC)NC(=O)CNCCCn1ccnn1. The van der Waals surface area contributed by atoms with Crippen molar-refractivity contribution in [1.29, 1.82) is 0 Å². The van der Waals surface area contributed by atoms with Crippen LogP contribution in [0.25, 0.3) is 0 Å². The second-order valence-corrected chi connectivity index (χ2v) is 4.28. The van der Waals surface area contributed by atoms with E-state index in [2.05, 4.69) is 34.8 Å². The first-order chi connectivity index (χ1) is 8.76. The molecule has 1 amide bonds. The summed E-state index contributed by atoms with van der Waals surface area (Å²) in [7, 11) is 0. The normalized spacial score (nSPS) is 10.8. The van der Waals surface area contributed by atoms with Crippen molar-refractivity contribution in [3.8, 4) is 0 Å². The lowest BCUT2D eigenvalue weighted by molar-refractivity contribution is -0.121. The summed E-state index contributed by atoms with van der Waals surface area (Å²) in [6.07, 6.45) is 6.39. The van der Waals surface area contributed by atoms with Crippen molar-refractivity contribution in [3.05, 3.63) is 12.4 Å². The van der Waals surface area contributed by atoms with Gasteiger partial charge < -0.3 is 10.6 Å². The molecule has 0 radical (unpaired) electrons. The summed E-state index contributed by atoms with van der Waals surface area (Å²) in [5.41, 5.74) is 0. The number of amides is 1. The number of carbonyl (C=O) groups is 1. The van der Waals surface area contributed by atoms with Gasteiger partial charge in [0.25, 0.3) is 0 Å². The maximum Gasteiger partial charge on any atom is 0.234 e. The average molecular weight is 253 g/mol. The van der Waals surface area contributed by atoms with Crippen LogP contribution in [-0.2, 0) is 11.3 Å². The highest BCUT2D eigenvalue weighted by atomic mass is 16.1. The quantitative estimate of drug-likeness (QED) is 0.631. The number of nitrogens with one attached hydrogen (secondary N) is 2. The van der Waals surface area contributed by atoms with Crippen molar-refractivity contribution >= 4 is 5.91 Å². The predicted molar refractivity (Wildman–Crippen MR) is 70.0 cm³/mol. The fourth-order valence-corrected chi connectivity index (χ4v) is 1.69. The Labute approximate surface area is 108 Å². The Morgan fingerprint density at radius 2 is 2.17 bits per heavy atom. The molecule has 1 aromatic heterocycles. The Balaban J connectivity index is 2.01. The number of hydrogen-bond donors (Lipinski definition) is 2. The van der Waals surface area contributed by atoms with E-state index < -0.39 is 0 Å². The second-order valence-electron chi connectivity index (χ2n) is 4.28. The summed E-state index contributed by atoms with van der Waals surface area (Å²) in [6, 6.07) is 0.300. The zero-order valence-electron chi connectivity index (χ0n) is 11.2. The van der Waals surface area contributed by atoms with Gasteiger partial charge in [0.2, 0.25) is 5.91 Å². The molecule has 0 aliphatic carbocycles. The van der Waals surface area contributed by atoms with Crippen LogP contribution in [0, 0.1) is 0 Å². The maximum absolute atomic E-state index is 11.6. The smallest absolute Gasteiger partial charge is 0.234 e. The molecule has 6 nitrogen and oxygen atoms in total. The van der Waals surface area contributed by atoms with E-state index in [0.29, 0.717) is 12.6 Å². The molecule has 0 saturated carbocycles. The molecule has 0 saturated heterocycles. The minimum Gasteiger partial charge on any atom is -0.352 e. The molecule has 1 aromatic rings. The van der Waals surface area contributed by atoms with Crippen molar-refractivity contribution in [2.75, 3.05) is 13.1 Å². The third kappa shape index (κ3) is 5.77. The van der Waals surface area contributed by atoms with E-state index in [9.17, 15) is 4.79 Å². The first-order valence-corrected chi connectivity index (χ1v) is 6.60. The molecule has 102 valence electrons. The molecular formula is C12H23N5O. The summed E-state index contributed by atoms with van der Waals surface area (Å²) < 4.78 is 1.78. The van der Waals surface area contributed by atoms with Crippen LogP contribution in [0.5, 0.6) is 0 Å². The van der Waals surface area contributed by atoms with Gasteiger partial charge in [-0.2, -0.15) is 0 Å². The summed E-state index contributed by atoms with van der Waals surface area (Å²) >= 11 is 0. The van der Waals surface area contributed by atoms with Gasteiger partial charge in [0, 0.05) is 18.8 Å². The topological polar surface area (TPSA) is 71.8 Å². The van der Waals surface area contributed by atoms with Crippen LogP contribution in [0.1, 0.15) is 33.1 Å². The monoisotopic (exact) mass is 253 g/mol. The Morgan fingerprint density at radius 3 is 2.78 bits per heavy atom. The van der Waals surface area contributed by atoms with Crippen LogP contribution in [0.3, 0.4) is 0 Å². The van der Waals surface area contributed by atoms with Crippen molar-refractivity contribution in [2.45, 2.75) is 45.7 Å². The zero-order chi connectivity index (χ0) is 13.2. The van der Waals surface area contributed by atoms with Crippen LogP contribution in [0.2, 0.25) is 0 Å². The zero-order valence-corrected chi connectivity index (χ0v) is 11.2. The van der Waals surface area contributed by atoms with Crippen molar-refractivity contribution in [3.63, 3.8) is 0 Å². The van der Waals surface area contributed by atoms with Gasteiger partial charge in [-0.1, -0.05) is 19.1 Å². The molecule has 0 fully saturated rings. The first-order valence-electron chi connectivity index (χ1n) is 6.60. The number of nitrogens with zero attached hydrogens (tertiary/aromatic N) is 3. The molecule has 0 bridgehead atoms. The van der Waals surface area contributed by atoms with E-state index >= 15 is 0 Å². The molecule has 18 heavy (non-hydrogen) atoms. The number of aryl methyl sites for hydroxylation is 1. The Hall–Kier alpha value is -1.43. The van der Waals surface area contributed by atoms with Gasteiger partial charge in [0.05, 0.1) is 12.7 Å². The third-order valence-corrected chi connectivity index (χ3v) is 2.85. The van der Waals surface area contributed by atoms with Crippen molar-refractivity contribution < 1.29 is 4.79 Å². The number of rotatable bonds is 9. The lowest BCUT2D eigenvalue weighted by Crippen LogP contribution is -2.40. The standard InChI is InChI=1S/C12H23N5O/c1-3-11(4-2)15-12(18)10-13-6-5-8-17-9-7-14-16-17/h7,9,11,13H,3-6,8,10H2,1-2H3,(H,15,18). The van der Waals surface area contributed by atoms with Crippen LogP contribution in [-0.4, -0.2) is 40.0 Å². The van der Waals surface area contributed by atoms with Gasteiger partial charge in [0.15, 0.2) is 0 Å². The van der Waals surface area contributed by atoms with E-state index in [1.165, 1.54) is 0 Å². The highest BCUT2D eigenvalue weighted by Crippen LogP contribution is 1.94. The van der Waals surface area contributed by atoms with Gasteiger partial charge in [-0.3, -0.25) is 9.48 Å². The van der Waals surface area contributed by atoms with Gasteiger partial charge >= 0.3 is 0 Å². The lowest BCUT2D eigenvalue weighted by Gasteiger charge is -2.14. The molecule has 1 heterocycles. The van der Waals surface area contributed by atoms with Crippen LogP contribution >= 0.6 is 0 Å². The van der Waals surface area contributed by atoms with Crippen molar-refractivity contribution in [2.24, 2.45) is 0 Å². The third-order valence-electron chi connectivity index (χ3n) is 2.85. The van der Waals surface area contributed by atoms with E-state index in [1.807, 2.05) is 6.20 Å². The Bertz CT molecular complexity index is 321. The van der Waals surface area contributed by atoms with Crippen LogP contribution in [0.15, 0.2) is 12.4 Å². The van der Waals surface area contributed by atoms with E-state index in [-0.39, 0.29) is 5.91 Å². The number of carbonyl (C=O) groups excluding carboxylic acids is 1. The fraction of sp³-hybridized carbons (Fsp3) is 0.750. The van der Waals surface area contributed by atoms with Gasteiger partial charge in [-0.05, 0) is 25.8 Å². The Kier molecular flexibility index (Phi) is 7.01. The molecule has 0 spiro atoms. The van der Waals surface area contributed by atoms with Crippen LogP contribution in [0.4, 0.5) is 0 Å². The maximum atomic E-state index is 11.6. The molecule has 0 unspecified atom stereocenters. The highest BCUT2D eigenvalue weighted by Gasteiger charge is 2.06. The summed E-state index contributed by atoms with van der Waals surface area (Å²) in [4.78, 5) is 11.6. The molecule has 0 aliphatic rings. The molecule has 6 heteroatoms. The van der Waals surface area contributed by atoms with Crippen molar-refractivity contribution in [1.82, 2.24) is 25.6 Å². The minimum atomic E-state index is 0.0736. The average Bonchev–Trinajstić information content (AvgIpc) is 2.88. The van der Waals surface area contributed by atoms with Gasteiger partial charge in [-0.15, -0.1) is 5.10 Å². The molecule has 0 atom stereocenters. The number of hydrogen-bond acceptors (Lipinski definition) is 4. The molecule has 1 rings (SSSR count). The summed E-state index contributed by atoms with van der Waals surface area (Å²) in [6.45, 7) is 6.17. The largest absolute Gasteiger partial charge is 0.352 e. The number of aromatic nitrogens is 3. The summed E-state index contributed by atoms with van der Waals surface area (Å²) in [5.74, 6) is 0.0736. The summed E-state index contributed by atoms with van der Waals surface area (Å²) in [5, 5.41) is 13.7. The fourth-order valence-electron chi connectivity index (χ4n) is 1.69. The second kappa shape index (κ2) is 8.63. The van der Waals surface area contributed by atoms with E-state index in [0.717, 1.165) is 32.4 Å². The highest BCUT2D eigenvalue weighted by molar-refractivity contribution is 5.78. The molecule has 0 aromatic carbocycles. The lowest BCUT2D eigenvalue weighted by atomic mass is 10.2. The van der Waals surface area contributed by atoms with Crippen LogP contribution < -0.4 is 10.6 Å². The van der Waals surface area contributed by atoms with Gasteiger partial charge in [-0.25, -0.2) is 0 Å².